The van der Waals surface area contributed by atoms with Gasteiger partial charge in [0.2, 0.25) is 5.78 Å². The van der Waals surface area contributed by atoms with Crippen molar-refractivity contribution in [2.24, 2.45) is 0 Å². The van der Waals surface area contributed by atoms with Gasteiger partial charge < -0.3 is 4.74 Å². The van der Waals surface area contributed by atoms with Crippen molar-refractivity contribution in [2.45, 2.75) is 30.8 Å². The first-order valence-corrected chi connectivity index (χ1v) is 8.69. The van der Waals surface area contributed by atoms with Crippen molar-refractivity contribution in [3.05, 3.63) is 65.5 Å². The van der Waals surface area contributed by atoms with Crippen LogP contribution in [0.4, 0.5) is 4.39 Å². The highest BCUT2D eigenvalue weighted by atomic mass is 32.2. The third-order valence-corrected chi connectivity index (χ3v) is 4.27. The van der Waals surface area contributed by atoms with Crippen molar-refractivity contribution in [3.63, 3.8) is 0 Å². The van der Waals surface area contributed by atoms with Crippen molar-refractivity contribution in [2.75, 3.05) is 6.26 Å². The maximum Gasteiger partial charge on any atom is 0.311 e. The molecule has 0 aliphatic carbocycles. The van der Waals surface area contributed by atoms with Crippen LogP contribution in [0.5, 0.6) is 0 Å². The topological polar surface area (TPSA) is 43.4 Å². The number of Topliss-reactive ketones (excluding diaryl/α,β-unsaturated/α-hetero) is 1. The predicted molar refractivity (Wildman–Crippen MR) is 92.8 cm³/mol. The first kappa shape index (κ1) is 18.2. The van der Waals surface area contributed by atoms with E-state index in [1.165, 1.54) is 24.3 Å². The van der Waals surface area contributed by atoms with Gasteiger partial charge in [0.1, 0.15) is 5.82 Å². The SMILES string of the molecule is CSc1ccc(C(=O)C(C)(C)OC(=O)Cc2ccc(F)cc2)cc1. The number of ether oxygens (including phenoxy) is 1. The lowest BCUT2D eigenvalue weighted by molar-refractivity contribution is -0.151. The lowest BCUT2D eigenvalue weighted by atomic mass is 9.96. The fourth-order valence-electron chi connectivity index (χ4n) is 2.23. The normalized spacial score (nSPS) is 11.2. The molecule has 0 N–H and O–H groups in total. The van der Waals surface area contributed by atoms with Crippen LogP contribution in [0, 0.1) is 5.82 Å². The van der Waals surface area contributed by atoms with Crippen molar-refractivity contribution in [3.8, 4) is 0 Å². The molecule has 2 rings (SSSR count). The van der Waals surface area contributed by atoms with E-state index >= 15 is 0 Å². The standard InChI is InChI=1S/C19H19FO3S/c1-19(2,18(22)14-6-10-16(24-3)11-7-14)23-17(21)12-13-4-8-15(20)9-5-13/h4-11H,12H2,1-3H3. The third kappa shape index (κ3) is 4.68. The van der Waals surface area contributed by atoms with Crippen LogP contribution in [0.15, 0.2) is 53.4 Å². The fourth-order valence-corrected chi connectivity index (χ4v) is 2.63. The zero-order valence-corrected chi connectivity index (χ0v) is 14.7. The molecule has 2 aromatic rings. The summed E-state index contributed by atoms with van der Waals surface area (Å²) in [6.45, 7) is 3.14. The molecule has 0 amide bonds. The summed E-state index contributed by atoms with van der Waals surface area (Å²) >= 11 is 1.59. The first-order chi connectivity index (χ1) is 11.3. The molecule has 0 aliphatic heterocycles. The van der Waals surface area contributed by atoms with Crippen molar-refractivity contribution in [1.82, 2.24) is 0 Å². The molecule has 0 saturated carbocycles. The summed E-state index contributed by atoms with van der Waals surface area (Å²) in [5.74, 6) is -1.15. The molecule has 0 saturated heterocycles. The van der Waals surface area contributed by atoms with E-state index in [9.17, 15) is 14.0 Å². The Hall–Kier alpha value is -2.14. The van der Waals surface area contributed by atoms with Crippen LogP contribution in [0.25, 0.3) is 0 Å². The van der Waals surface area contributed by atoms with E-state index in [0.717, 1.165) is 4.90 Å². The van der Waals surface area contributed by atoms with Crippen LogP contribution in [0.1, 0.15) is 29.8 Å². The van der Waals surface area contributed by atoms with Crippen LogP contribution in [0.2, 0.25) is 0 Å². The van der Waals surface area contributed by atoms with E-state index in [1.54, 1.807) is 37.7 Å². The minimum atomic E-state index is -1.27. The second-order valence-electron chi connectivity index (χ2n) is 5.85. The van der Waals surface area contributed by atoms with Crippen molar-refractivity contribution in [1.29, 1.82) is 0 Å². The second-order valence-corrected chi connectivity index (χ2v) is 6.72. The van der Waals surface area contributed by atoms with Gasteiger partial charge in [-0.2, -0.15) is 0 Å². The number of esters is 1. The molecule has 24 heavy (non-hydrogen) atoms. The third-order valence-electron chi connectivity index (χ3n) is 3.53. The van der Waals surface area contributed by atoms with E-state index in [-0.39, 0.29) is 18.0 Å². The van der Waals surface area contributed by atoms with E-state index < -0.39 is 11.6 Å². The van der Waals surface area contributed by atoms with Gasteiger partial charge in [0.15, 0.2) is 5.60 Å². The van der Waals surface area contributed by atoms with Gasteiger partial charge in [-0.15, -0.1) is 11.8 Å². The van der Waals surface area contributed by atoms with E-state index in [1.807, 2.05) is 18.4 Å². The number of benzene rings is 2. The van der Waals surface area contributed by atoms with Gasteiger partial charge in [-0.25, -0.2) is 4.39 Å². The molecule has 0 aliphatic rings. The lowest BCUT2D eigenvalue weighted by Crippen LogP contribution is -2.37. The zero-order valence-electron chi connectivity index (χ0n) is 13.8. The van der Waals surface area contributed by atoms with E-state index in [4.69, 9.17) is 4.74 Å². The Morgan fingerprint density at radius 1 is 1.04 bits per heavy atom. The summed E-state index contributed by atoms with van der Waals surface area (Å²) < 4.78 is 18.2. The molecule has 0 atom stereocenters. The number of carbonyl (C=O) groups excluding carboxylic acids is 2. The molecule has 5 heteroatoms. The number of hydrogen-bond acceptors (Lipinski definition) is 4. The number of carbonyl (C=O) groups is 2. The Morgan fingerprint density at radius 2 is 1.62 bits per heavy atom. The Kier molecular flexibility index (Phi) is 5.78. The number of halogens is 1. The van der Waals surface area contributed by atoms with Crippen molar-refractivity contribution < 1.29 is 18.7 Å². The number of thioether (sulfide) groups is 1. The lowest BCUT2D eigenvalue weighted by Gasteiger charge is -2.24. The molecule has 0 spiro atoms. The highest BCUT2D eigenvalue weighted by Crippen LogP contribution is 2.21. The summed E-state index contributed by atoms with van der Waals surface area (Å²) in [4.78, 5) is 25.7. The average Bonchev–Trinajstić information content (AvgIpc) is 2.56. The zero-order chi connectivity index (χ0) is 17.7. The molecule has 126 valence electrons. The van der Waals surface area contributed by atoms with Crippen molar-refractivity contribution >= 4 is 23.5 Å². The molecule has 0 unspecified atom stereocenters. The minimum absolute atomic E-state index is 0.0115. The smallest absolute Gasteiger partial charge is 0.311 e. The van der Waals surface area contributed by atoms with Gasteiger partial charge in [-0.3, -0.25) is 9.59 Å². The maximum atomic E-state index is 12.9. The predicted octanol–water partition coefficient (Wildman–Crippen LogP) is 4.29. The molecular weight excluding hydrogens is 327 g/mol. The Morgan fingerprint density at radius 3 is 2.17 bits per heavy atom. The molecule has 0 aromatic heterocycles. The summed E-state index contributed by atoms with van der Waals surface area (Å²) in [5.41, 5.74) is -0.140. The van der Waals surface area contributed by atoms with Crippen LogP contribution in [-0.4, -0.2) is 23.6 Å². The van der Waals surface area contributed by atoms with Gasteiger partial charge in [-0.05, 0) is 49.9 Å². The molecule has 3 nitrogen and oxygen atoms in total. The summed E-state index contributed by atoms with van der Waals surface area (Å²) in [6.07, 6.45) is 1.94. The molecule has 0 radical (unpaired) electrons. The van der Waals surface area contributed by atoms with Gasteiger partial charge in [-0.1, -0.05) is 24.3 Å². The first-order valence-electron chi connectivity index (χ1n) is 7.47. The van der Waals surface area contributed by atoms with E-state index in [2.05, 4.69) is 0 Å². The molecule has 0 bridgehead atoms. The van der Waals surface area contributed by atoms with Gasteiger partial charge in [0.05, 0.1) is 6.42 Å². The van der Waals surface area contributed by atoms with Crippen LogP contribution >= 0.6 is 11.8 Å². The molecule has 2 aromatic carbocycles. The molecule has 0 fully saturated rings. The number of ketones is 1. The van der Waals surface area contributed by atoms with Crippen LogP contribution in [-0.2, 0) is 16.0 Å². The Bertz CT molecular complexity index is 721. The molecular formula is C19H19FO3S. The maximum absolute atomic E-state index is 12.9. The van der Waals surface area contributed by atoms with E-state index in [0.29, 0.717) is 11.1 Å². The highest BCUT2D eigenvalue weighted by molar-refractivity contribution is 7.98. The van der Waals surface area contributed by atoms with Crippen LogP contribution in [0.3, 0.4) is 0 Å². The Labute approximate surface area is 145 Å². The monoisotopic (exact) mass is 346 g/mol. The molecule has 0 heterocycles. The average molecular weight is 346 g/mol. The van der Waals surface area contributed by atoms with Gasteiger partial charge in [0.25, 0.3) is 0 Å². The quantitative estimate of drug-likeness (QED) is 0.444. The Balaban J connectivity index is 2.04. The fraction of sp³-hybridized carbons (Fsp3) is 0.263. The van der Waals surface area contributed by atoms with Crippen LogP contribution < -0.4 is 0 Å². The van der Waals surface area contributed by atoms with Gasteiger partial charge in [0, 0.05) is 10.5 Å². The second kappa shape index (κ2) is 7.62. The largest absolute Gasteiger partial charge is 0.451 e. The summed E-state index contributed by atoms with van der Waals surface area (Å²) in [5, 5.41) is 0. The van der Waals surface area contributed by atoms with Gasteiger partial charge >= 0.3 is 5.97 Å². The highest BCUT2D eigenvalue weighted by Gasteiger charge is 2.32. The summed E-state index contributed by atoms with van der Waals surface area (Å²) in [6, 6.07) is 12.8. The number of rotatable bonds is 6. The number of hydrogen-bond donors (Lipinski definition) is 0. The minimum Gasteiger partial charge on any atom is -0.451 e. The summed E-state index contributed by atoms with van der Waals surface area (Å²) in [7, 11) is 0.